The highest BCUT2D eigenvalue weighted by Crippen LogP contribution is 2.54. The summed E-state index contributed by atoms with van der Waals surface area (Å²) in [4.78, 5) is 55.8. The number of rotatable bonds is 3. The predicted molar refractivity (Wildman–Crippen MR) is 146 cm³/mol. The number of primary amides is 1. The number of carbonyl (C=O) groups excluding carboxylic acids is 4. The number of hydrogen-bond donors (Lipinski definition) is 5. The van der Waals surface area contributed by atoms with Crippen LogP contribution >= 0.6 is 0 Å². The molecule has 1 aromatic carbocycles. The lowest BCUT2D eigenvalue weighted by Crippen LogP contribution is -2.63. The SMILES string of the molecule is CC(=O)N1CCN(C)C(c2cc(O)c3c(c2C(F)(F)F)C[C@H]2C[C@H]4[C@H](N(C)C)C(O)=C(C(N)=O)C(=O)[C@@]4(O)C(O)=C2C3=O)C1. The van der Waals surface area contributed by atoms with Crippen molar-refractivity contribution < 1.29 is 52.8 Å². The van der Waals surface area contributed by atoms with Crippen LogP contribution in [0.15, 0.2) is 28.7 Å². The summed E-state index contributed by atoms with van der Waals surface area (Å²) in [6.45, 7) is 1.76. The summed E-state index contributed by atoms with van der Waals surface area (Å²) < 4.78 is 44.8. The van der Waals surface area contributed by atoms with E-state index in [-0.39, 0.29) is 31.0 Å². The standard InChI is InChI=1S/C29H33F3N4O8/c1-11(37)36-6-5-35(4)16(10-36)13-9-17(38)19-14(21(13)29(30,31)32)7-12-8-15-22(34(2)3)24(40)20(27(33)43)26(42)28(15,44)25(41)18(12)23(19)39/h9,12,15-16,22,38,40-41,44H,5-8,10H2,1-4H3,(H2,33,43)/t12-,15-,16?,22-,28-/m0/s1. The molecule has 1 aromatic rings. The molecule has 6 N–H and O–H groups in total. The molecule has 5 rings (SSSR count). The lowest BCUT2D eigenvalue weighted by Gasteiger charge is -2.50. The summed E-state index contributed by atoms with van der Waals surface area (Å²) in [5.41, 5.74) is -1.87. The molecule has 1 unspecified atom stereocenters. The Morgan fingerprint density at radius 1 is 1.14 bits per heavy atom. The van der Waals surface area contributed by atoms with Crippen LogP contribution in [0.2, 0.25) is 0 Å². The third-order valence-electron chi connectivity index (χ3n) is 9.49. The van der Waals surface area contributed by atoms with E-state index in [9.17, 15) is 52.8 Å². The number of nitrogens with zero attached hydrogens (tertiary/aromatic N) is 3. The van der Waals surface area contributed by atoms with Crippen LogP contribution in [0.25, 0.3) is 0 Å². The van der Waals surface area contributed by atoms with Crippen molar-refractivity contribution in [3.05, 3.63) is 51.0 Å². The van der Waals surface area contributed by atoms with E-state index in [1.54, 1.807) is 11.9 Å². The van der Waals surface area contributed by atoms with Gasteiger partial charge < -0.3 is 31.1 Å². The number of phenolic OH excluding ortho intramolecular Hbond substituents is 1. The lowest BCUT2D eigenvalue weighted by atomic mass is 9.58. The van der Waals surface area contributed by atoms with Crippen molar-refractivity contribution in [2.45, 2.75) is 43.6 Å². The van der Waals surface area contributed by atoms with Gasteiger partial charge in [0.1, 0.15) is 22.8 Å². The maximum atomic E-state index is 14.9. The first-order valence-corrected chi connectivity index (χ1v) is 13.9. The third kappa shape index (κ3) is 4.39. The number of amides is 2. The molecule has 0 spiro atoms. The molecule has 5 atom stereocenters. The number of hydrogen-bond acceptors (Lipinski definition) is 10. The highest BCUT2D eigenvalue weighted by Gasteiger charge is 2.63. The highest BCUT2D eigenvalue weighted by atomic mass is 19.4. The van der Waals surface area contributed by atoms with Crippen molar-refractivity contribution in [1.82, 2.24) is 14.7 Å². The zero-order valence-electron chi connectivity index (χ0n) is 24.4. The lowest BCUT2D eigenvalue weighted by molar-refractivity contribution is -0.148. The van der Waals surface area contributed by atoms with Gasteiger partial charge in [-0.15, -0.1) is 0 Å². The van der Waals surface area contributed by atoms with Crippen LogP contribution in [0, 0.1) is 11.8 Å². The van der Waals surface area contributed by atoms with Gasteiger partial charge in [0.05, 0.1) is 23.2 Å². The van der Waals surface area contributed by atoms with Gasteiger partial charge in [0.2, 0.25) is 11.7 Å². The Labute approximate surface area is 249 Å². The van der Waals surface area contributed by atoms with Gasteiger partial charge in [-0.2, -0.15) is 13.2 Å². The number of allylic oxidation sites excluding steroid dienone is 1. The van der Waals surface area contributed by atoms with E-state index in [0.717, 1.165) is 6.07 Å². The third-order valence-corrected chi connectivity index (χ3v) is 9.49. The fourth-order valence-electron chi connectivity index (χ4n) is 7.45. The van der Waals surface area contributed by atoms with E-state index >= 15 is 0 Å². The van der Waals surface area contributed by atoms with E-state index in [4.69, 9.17) is 5.73 Å². The second kappa shape index (κ2) is 10.3. The molecular formula is C29H33F3N4O8. The topological polar surface area (TPSA) is 185 Å². The molecule has 0 radical (unpaired) electrons. The molecule has 12 nitrogen and oxygen atoms in total. The van der Waals surface area contributed by atoms with Crippen LogP contribution in [0.1, 0.15) is 46.4 Å². The summed E-state index contributed by atoms with van der Waals surface area (Å²) >= 11 is 0. The van der Waals surface area contributed by atoms with Crippen LogP contribution < -0.4 is 5.73 Å². The molecule has 1 saturated heterocycles. The second-order valence-electron chi connectivity index (χ2n) is 12.1. The minimum atomic E-state index is -5.00. The van der Waals surface area contributed by atoms with E-state index < -0.39 is 105 Å². The van der Waals surface area contributed by atoms with Crippen molar-refractivity contribution in [3.63, 3.8) is 0 Å². The van der Waals surface area contributed by atoms with Crippen LogP contribution in [0.5, 0.6) is 5.75 Å². The average molecular weight is 623 g/mol. The first-order valence-electron chi connectivity index (χ1n) is 13.9. The molecule has 3 aliphatic carbocycles. The van der Waals surface area contributed by atoms with Crippen LogP contribution in [0.3, 0.4) is 0 Å². The Balaban J connectivity index is 1.73. The summed E-state index contributed by atoms with van der Waals surface area (Å²) in [6.07, 6.45) is -5.87. The number of halogens is 3. The van der Waals surface area contributed by atoms with Crippen molar-refractivity contribution in [3.8, 4) is 5.75 Å². The molecule has 0 aromatic heterocycles. The van der Waals surface area contributed by atoms with Crippen LogP contribution in [0.4, 0.5) is 13.2 Å². The first-order chi connectivity index (χ1) is 20.3. The van der Waals surface area contributed by atoms with Gasteiger partial charge in [-0.3, -0.25) is 29.0 Å². The Bertz CT molecular complexity index is 1570. The molecule has 1 heterocycles. The van der Waals surface area contributed by atoms with Crippen molar-refractivity contribution in [2.75, 3.05) is 40.8 Å². The first kappa shape index (κ1) is 31.5. The fraction of sp³-hybridized carbons (Fsp3) is 0.517. The summed E-state index contributed by atoms with van der Waals surface area (Å²) in [6, 6.07) is -1.42. The summed E-state index contributed by atoms with van der Waals surface area (Å²) in [5.74, 6) is -9.69. The van der Waals surface area contributed by atoms with Crippen molar-refractivity contribution in [1.29, 1.82) is 0 Å². The number of ketones is 2. The smallest absolute Gasteiger partial charge is 0.417 e. The number of benzene rings is 1. The van der Waals surface area contributed by atoms with Gasteiger partial charge in [0.25, 0.3) is 5.91 Å². The zero-order chi connectivity index (χ0) is 32.8. The quantitative estimate of drug-likeness (QED) is 0.305. The molecule has 44 heavy (non-hydrogen) atoms. The molecule has 2 amide bonds. The van der Waals surface area contributed by atoms with Gasteiger partial charge in [-0.1, -0.05) is 0 Å². The molecule has 15 heteroatoms. The number of Topliss-reactive ketones (excluding diaryl/α,β-unsaturated/α-hetero) is 2. The largest absolute Gasteiger partial charge is 0.510 e. The number of piperazine rings is 1. The number of nitrogens with two attached hydrogens (primary N) is 1. The molecule has 0 bridgehead atoms. The Morgan fingerprint density at radius 2 is 1.77 bits per heavy atom. The molecular weight excluding hydrogens is 589 g/mol. The number of carbonyl (C=O) groups is 4. The van der Waals surface area contributed by atoms with E-state index in [2.05, 4.69) is 0 Å². The zero-order valence-corrected chi connectivity index (χ0v) is 24.4. The van der Waals surface area contributed by atoms with Gasteiger partial charge in [-0.05, 0) is 57.1 Å². The molecule has 4 aliphatic rings. The molecule has 0 saturated carbocycles. The van der Waals surface area contributed by atoms with E-state index in [1.807, 2.05) is 0 Å². The Morgan fingerprint density at radius 3 is 2.32 bits per heavy atom. The van der Waals surface area contributed by atoms with Gasteiger partial charge in [0, 0.05) is 38.0 Å². The average Bonchev–Trinajstić information content (AvgIpc) is 2.89. The minimum absolute atomic E-state index is 0.0913. The fourth-order valence-corrected chi connectivity index (χ4v) is 7.45. The van der Waals surface area contributed by atoms with Crippen molar-refractivity contribution >= 4 is 23.4 Å². The summed E-state index contributed by atoms with van der Waals surface area (Å²) in [5, 5.41) is 45.0. The monoisotopic (exact) mass is 622 g/mol. The van der Waals surface area contributed by atoms with Gasteiger partial charge >= 0.3 is 6.18 Å². The maximum Gasteiger partial charge on any atom is 0.417 e. The van der Waals surface area contributed by atoms with Gasteiger partial charge in [0.15, 0.2) is 11.4 Å². The minimum Gasteiger partial charge on any atom is -0.510 e. The number of aliphatic hydroxyl groups excluding tert-OH is 2. The van der Waals surface area contributed by atoms with Crippen molar-refractivity contribution in [2.24, 2.45) is 17.6 Å². The number of aliphatic hydroxyl groups is 3. The van der Waals surface area contributed by atoms with Crippen LogP contribution in [-0.2, 0) is 27.0 Å². The molecule has 1 fully saturated rings. The molecule has 1 aliphatic heterocycles. The second-order valence-corrected chi connectivity index (χ2v) is 12.1. The van der Waals surface area contributed by atoms with Crippen LogP contribution in [-0.4, -0.2) is 111 Å². The highest BCUT2D eigenvalue weighted by molar-refractivity contribution is 6.24. The predicted octanol–water partition coefficient (Wildman–Crippen LogP) is 0.974. The number of phenols is 1. The number of fused-ring (bicyclic) bond motifs is 3. The normalized spacial score (nSPS) is 29.5. The van der Waals surface area contributed by atoms with E-state index in [1.165, 1.54) is 30.8 Å². The van der Waals surface area contributed by atoms with Gasteiger partial charge in [-0.25, -0.2) is 0 Å². The number of likely N-dealkylation sites (N-methyl/N-ethyl adjacent to an activating group) is 2. The number of alkyl halides is 3. The van der Waals surface area contributed by atoms with E-state index in [0.29, 0.717) is 6.54 Å². The summed E-state index contributed by atoms with van der Waals surface area (Å²) in [7, 11) is 4.49. The molecule has 238 valence electrons. The Hall–Kier alpha value is -3.95. The number of aromatic hydroxyl groups is 1. The Kier molecular flexibility index (Phi) is 7.38. The maximum absolute atomic E-state index is 14.9.